The van der Waals surface area contributed by atoms with Crippen molar-refractivity contribution in [3.8, 4) is 0 Å². The summed E-state index contributed by atoms with van der Waals surface area (Å²) >= 11 is 4.84. The monoisotopic (exact) mass is 545 g/mol. The zero-order chi connectivity index (χ0) is 23.2. The number of hydrogen-bond donors (Lipinski definition) is 1. The van der Waals surface area contributed by atoms with Crippen LogP contribution in [0.15, 0.2) is 64.2 Å². The maximum absolute atomic E-state index is 13.3. The van der Waals surface area contributed by atoms with E-state index in [0.29, 0.717) is 12.2 Å². The number of para-hydroxylation sites is 1. The molecule has 0 spiro atoms. The molecule has 2 aromatic carbocycles. The van der Waals surface area contributed by atoms with Gasteiger partial charge >= 0.3 is 0 Å². The molecule has 0 aliphatic carbocycles. The number of aromatic nitrogens is 2. The van der Waals surface area contributed by atoms with Crippen LogP contribution in [0.5, 0.6) is 0 Å². The highest BCUT2D eigenvalue weighted by atomic mass is 79.9. The summed E-state index contributed by atoms with van der Waals surface area (Å²) in [5.41, 5.74) is 1.45. The van der Waals surface area contributed by atoms with Crippen LogP contribution in [0.4, 0.5) is 17.2 Å². The van der Waals surface area contributed by atoms with Gasteiger partial charge in [0.1, 0.15) is 17.0 Å². The second kappa shape index (κ2) is 8.45. The number of nitro groups is 1. The predicted molar refractivity (Wildman–Crippen MR) is 129 cm³/mol. The van der Waals surface area contributed by atoms with Gasteiger partial charge in [-0.2, -0.15) is 4.31 Å². The van der Waals surface area contributed by atoms with Gasteiger partial charge in [-0.1, -0.05) is 28.1 Å². The Morgan fingerprint density at radius 1 is 1.12 bits per heavy atom. The molecule has 33 heavy (non-hydrogen) atoms. The molecule has 5 rings (SSSR count). The molecule has 0 saturated heterocycles. The minimum Gasteiger partial charge on any atom is -0.340 e. The van der Waals surface area contributed by atoms with Gasteiger partial charge in [-0.3, -0.25) is 10.1 Å². The lowest BCUT2D eigenvalue weighted by Gasteiger charge is -2.26. The van der Waals surface area contributed by atoms with E-state index in [4.69, 9.17) is 0 Å². The van der Waals surface area contributed by atoms with Crippen molar-refractivity contribution in [3.63, 3.8) is 0 Å². The van der Waals surface area contributed by atoms with Crippen molar-refractivity contribution in [2.75, 3.05) is 11.9 Å². The van der Waals surface area contributed by atoms with Crippen LogP contribution in [0.2, 0.25) is 0 Å². The van der Waals surface area contributed by atoms with E-state index >= 15 is 0 Å². The third kappa shape index (κ3) is 3.99. The quantitative estimate of drug-likeness (QED) is 0.281. The largest absolute Gasteiger partial charge is 0.340 e. The summed E-state index contributed by atoms with van der Waals surface area (Å²) in [6, 6.07) is 13.1. The highest BCUT2D eigenvalue weighted by Crippen LogP contribution is 2.39. The van der Waals surface area contributed by atoms with E-state index in [1.54, 1.807) is 0 Å². The summed E-state index contributed by atoms with van der Waals surface area (Å²) in [5.74, 6) is 0.662. The fourth-order valence-corrected chi connectivity index (χ4v) is 6.95. The first-order valence-corrected chi connectivity index (χ1v) is 12.9. The summed E-state index contributed by atoms with van der Waals surface area (Å²) in [4.78, 5) is 20.8. The van der Waals surface area contributed by atoms with E-state index in [1.807, 2.05) is 24.3 Å². The minimum absolute atomic E-state index is 0.127. The predicted octanol–water partition coefficient (Wildman–Crippen LogP) is 4.85. The molecule has 0 atom stereocenters. The van der Waals surface area contributed by atoms with E-state index < -0.39 is 20.6 Å². The number of anilines is 2. The number of nitrogens with zero attached hydrogens (tertiary/aromatic N) is 4. The van der Waals surface area contributed by atoms with Crippen molar-refractivity contribution in [3.05, 3.63) is 79.9 Å². The van der Waals surface area contributed by atoms with Crippen molar-refractivity contribution in [1.29, 1.82) is 0 Å². The fourth-order valence-electron chi connectivity index (χ4n) is 3.84. The van der Waals surface area contributed by atoms with E-state index in [2.05, 4.69) is 31.2 Å². The first kappa shape index (κ1) is 21.9. The Kier molecular flexibility index (Phi) is 5.60. The minimum atomic E-state index is -4.04. The van der Waals surface area contributed by atoms with Crippen LogP contribution in [-0.2, 0) is 23.0 Å². The third-order valence-electron chi connectivity index (χ3n) is 5.39. The molecular formula is C21H16BrN5O4S2. The number of rotatable bonds is 5. The van der Waals surface area contributed by atoms with Crippen LogP contribution in [-0.4, -0.2) is 34.2 Å². The normalized spacial score (nSPS) is 14.2. The van der Waals surface area contributed by atoms with E-state index in [9.17, 15) is 18.5 Å². The maximum atomic E-state index is 13.3. The Morgan fingerprint density at radius 3 is 2.64 bits per heavy atom. The van der Waals surface area contributed by atoms with Gasteiger partial charge in [-0.05, 0) is 42.3 Å². The number of halogens is 1. The second-order valence-corrected chi connectivity index (χ2v) is 11.3. The van der Waals surface area contributed by atoms with Crippen LogP contribution >= 0.6 is 27.3 Å². The first-order chi connectivity index (χ1) is 15.8. The zero-order valence-corrected chi connectivity index (χ0v) is 20.2. The molecule has 2 aromatic heterocycles. The van der Waals surface area contributed by atoms with Gasteiger partial charge in [-0.15, -0.1) is 11.3 Å². The third-order valence-corrected chi connectivity index (χ3v) is 8.93. The Morgan fingerprint density at radius 2 is 1.88 bits per heavy atom. The van der Waals surface area contributed by atoms with Gasteiger partial charge in [0.15, 0.2) is 4.90 Å². The molecule has 0 bridgehead atoms. The number of hydrogen-bond acceptors (Lipinski definition) is 8. The van der Waals surface area contributed by atoms with Gasteiger partial charge in [0.2, 0.25) is 10.0 Å². The molecule has 0 fully saturated rings. The van der Waals surface area contributed by atoms with Gasteiger partial charge in [0, 0.05) is 34.2 Å². The van der Waals surface area contributed by atoms with Crippen LogP contribution in [0, 0.1) is 10.1 Å². The lowest BCUT2D eigenvalue weighted by molar-refractivity contribution is -0.387. The maximum Gasteiger partial charge on any atom is 0.289 e. The summed E-state index contributed by atoms with van der Waals surface area (Å²) < 4.78 is 28.8. The van der Waals surface area contributed by atoms with Crippen molar-refractivity contribution < 1.29 is 13.3 Å². The summed E-state index contributed by atoms with van der Waals surface area (Å²) in [7, 11) is -4.04. The average molecular weight is 546 g/mol. The van der Waals surface area contributed by atoms with Gasteiger partial charge in [-0.25, -0.2) is 18.4 Å². The standard InChI is InChI=1S/C21H16BrN5O4S2/c22-13-5-7-14(8-6-13)25-20-19-15-9-10-26(11-17(15)32-21(19)24-12-23-20)33(30,31)18-4-2-1-3-16(18)27(28)29/h1-8,12H,9-11H2,(H,23,24,25). The van der Waals surface area contributed by atoms with Crippen LogP contribution < -0.4 is 5.32 Å². The molecule has 3 heterocycles. The highest BCUT2D eigenvalue weighted by molar-refractivity contribution is 9.10. The second-order valence-electron chi connectivity index (χ2n) is 7.35. The topological polar surface area (TPSA) is 118 Å². The highest BCUT2D eigenvalue weighted by Gasteiger charge is 2.35. The summed E-state index contributed by atoms with van der Waals surface area (Å²) in [6.07, 6.45) is 1.94. The smallest absolute Gasteiger partial charge is 0.289 e. The Bertz CT molecular complexity index is 1490. The van der Waals surface area contributed by atoms with Gasteiger partial charge in [0.25, 0.3) is 5.69 Å². The number of nitro benzene ring substituents is 1. The molecule has 1 N–H and O–H groups in total. The van der Waals surface area contributed by atoms with E-state index in [0.717, 1.165) is 30.8 Å². The Balaban J connectivity index is 1.50. The van der Waals surface area contributed by atoms with Crippen LogP contribution in [0.1, 0.15) is 10.4 Å². The van der Waals surface area contributed by atoms with Gasteiger partial charge in [0.05, 0.1) is 10.3 Å². The molecule has 12 heteroatoms. The number of benzene rings is 2. The summed E-state index contributed by atoms with van der Waals surface area (Å²) in [6.45, 7) is 0.336. The molecule has 9 nitrogen and oxygen atoms in total. The first-order valence-electron chi connectivity index (χ1n) is 9.86. The molecule has 0 unspecified atom stereocenters. The lowest BCUT2D eigenvalue weighted by atomic mass is 10.1. The molecule has 0 radical (unpaired) electrons. The van der Waals surface area contributed by atoms with Crippen molar-refractivity contribution in [1.82, 2.24) is 14.3 Å². The molecule has 0 amide bonds. The van der Waals surface area contributed by atoms with Crippen molar-refractivity contribution >= 4 is 64.7 Å². The average Bonchev–Trinajstić information content (AvgIpc) is 3.19. The fraction of sp³-hybridized carbons (Fsp3) is 0.143. The molecule has 1 aliphatic rings. The number of thiophene rings is 1. The molecule has 168 valence electrons. The molecule has 0 saturated carbocycles. The Labute approximate surface area is 201 Å². The number of nitrogens with one attached hydrogen (secondary N) is 1. The number of fused-ring (bicyclic) bond motifs is 3. The lowest BCUT2D eigenvalue weighted by Crippen LogP contribution is -2.35. The van der Waals surface area contributed by atoms with Crippen LogP contribution in [0.25, 0.3) is 10.2 Å². The summed E-state index contributed by atoms with van der Waals surface area (Å²) in [5, 5.41) is 15.6. The molecule has 4 aromatic rings. The Hall–Kier alpha value is -2.93. The molecular weight excluding hydrogens is 530 g/mol. The van der Waals surface area contributed by atoms with Gasteiger partial charge < -0.3 is 5.32 Å². The van der Waals surface area contributed by atoms with Crippen molar-refractivity contribution in [2.45, 2.75) is 17.9 Å². The SMILES string of the molecule is O=[N+]([O-])c1ccccc1S(=O)(=O)N1CCc2c(sc3ncnc(Nc4ccc(Br)cc4)c23)C1. The zero-order valence-electron chi connectivity index (χ0n) is 16.9. The van der Waals surface area contributed by atoms with Crippen molar-refractivity contribution in [2.24, 2.45) is 0 Å². The molecule has 1 aliphatic heterocycles. The van der Waals surface area contributed by atoms with E-state index in [1.165, 1.54) is 46.2 Å². The van der Waals surface area contributed by atoms with E-state index in [-0.39, 0.29) is 18.0 Å². The number of sulfonamides is 1. The van der Waals surface area contributed by atoms with Crippen LogP contribution in [0.3, 0.4) is 0 Å².